The van der Waals surface area contributed by atoms with E-state index in [4.69, 9.17) is 4.52 Å². The molecule has 7 nitrogen and oxygen atoms in total. The number of rotatable bonds is 5. The standard InChI is InChI=1S/C19H21F3N6OS/c1-3-15-23-18(30-26-15)28-9-7-27(8-10-28)12(2)17-24-16(25-29-17)13-5-4-6-14(11-13)19(20,21)22/h4-6,11-12H,3,7-10H2,1-2H3. The summed E-state index contributed by atoms with van der Waals surface area (Å²) < 4.78 is 48.6. The largest absolute Gasteiger partial charge is 0.416 e. The van der Waals surface area contributed by atoms with Crippen LogP contribution in [0.1, 0.15) is 37.2 Å². The van der Waals surface area contributed by atoms with Gasteiger partial charge in [0.2, 0.25) is 16.8 Å². The van der Waals surface area contributed by atoms with Gasteiger partial charge in [-0.2, -0.15) is 22.5 Å². The fourth-order valence-corrected chi connectivity index (χ4v) is 4.13. The maximum absolute atomic E-state index is 13.0. The van der Waals surface area contributed by atoms with Crippen molar-refractivity contribution >= 4 is 16.7 Å². The van der Waals surface area contributed by atoms with Crippen LogP contribution in [0.3, 0.4) is 0 Å². The lowest BCUT2D eigenvalue weighted by Crippen LogP contribution is -2.47. The summed E-state index contributed by atoms with van der Waals surface area (Å²) in [6.07, 6.45) is -3.60. The molecule has 1 fully saturated rings. The lowest BCUT2D eigenvalue weighted by Gasteiger charge is -2.36. The number of nitrogens with zero attached hydrogens (tertiary/aromatic N) is 6. The summed E-state index contributed by atoms with van der Waals surface area (Å²) in [5, 5.41) is 4.83. The summed E-state index contributed by atoms with van der Waals surface area (Å²) in [7, 11) is 0. The van der Waals surface area contributed by atoms with E-state index in [9.17, 15) is 13.2 Å². The predicted molar refractivity (Wildman–Crippen MR) is 106 cm³/mol. The third-order valence-electron chi connectivity index (χ3n) is 5.15. The number of halogens is 3. The molecule has 1 aliphatic rings. The molecule has 0 aliphatic carbocycles. The summed E-state index contributed by atoms with van der Waals surface area (Å²) in [4.78, 5) is 13.3. The van der Waals surface area contributed by atoms with E-state index in [1.54, 1.807) is 6.07 Å². The zero-order valence-corrected chi connectivity index (χ0v) is 17.4. The molecule has 4 rings (SSSR count). The quantitative estimate of drug-likeness (QED) is 0.595. The molecule has 0 radical (unpaired) electrons. The van der Waals surface area contributed by atoms with Gasteiger partial charge in [-0.1, -0.05) is 24.2 Å². The average molecular weight is 438 g/mol. The number of benzene rings is 1. The molecule has 3 aromatic rings. The van der Waals surface area contributed by atoms with E-state index in [1.807, 2.05) is 13.8 Å². The van der Waals surface area contributed by atoms with Crippen molar-refractivity contribution in [1.29, 1.82) is 0 Å². The highest BCUT2D eigenvalue weighted by Gasteiger charge is 2.31. The second-order valence-corrected chi connectivity index (χ2v) is 7.81. The fraction of sp³-hybridized carbons (Fsp3) is 0.474. The highest BCUT2D eigenvalue weighted by atomic mass is 32.1. The first-order valence-corrected chi connectivity index (χ1v) is 10.5. The van der Waals surface area contributed by atoms with Gasteiger partial charge in [0.1, 0.15) is 5.82 Å². The number of hydrogen-bond acceptors (Lipinski definition) is 8. The minimum Gasteiger partial charge on any atom is -0.344 e. The zero-order valence-electron chi connectivity index (χ0n) is 16.6. The van der Waals surface area contributed by atoms with Crippen LogP contribution in [0, 0.1) is 0 Å². The summed E-state index contributed by atoms with van der Waals surface area (Å²) in [5.74, 6) is 1.40. The summed E-state index contributed by atoms with van der Waals surface area (Å²) in [6.45, 7) is 7.16. The molecule has 0 spiro atoms. The first-order chi connectivity index (χ1) is 14.3. The minimum absolute atomic E-state index is 0.139. The fourth-order valence-electron chi connectivity index (χ4n) is 3.33. The topological polar surface area (TPSA) is 71.2 Å². The number of hydrogen-bond donors (Lipinski definition) is 0. The van der Waals surface area contributed by atoms with Gasteiger partial charge in [0.05, 0.1) is 11.6 Å². The van der Waals surface area contributed by atoms with Crippen molar-refractivity contribution in [1.82, 2.24) is 24.4 Å². The van der Waals surface area contributed by atoms with Gasteiger partial charge in [-0.05, 0) is 19.1 Å². The van der Waals surface area contributed by atoms with Gasteiger partial charge in [0.15, 0.2) is 0 Å². The Morgan fingerprint density at radius 3 is 2.60 bits per heavy atom. The third kappa shape index (κ3) is 4.31. The number of aryl methyl sites for hydroxylation is 1. The van der Waals surface area contributed by atoms with Crippen molar-refractivity contribution in [3.63, 3.8) is 0 Å². The van der Waals surface area contributed by atoms with Crippen molar-refractivity contribution in [2.45, 2.75) is 32.5 Å². The molecule has 160 valence electrons. The summed E-state index contributed by atoms with van der Waals surface area (Å²) in [6, 6.07) is 4.80. The zero-order chi connectivity index (χ0) is 21.3. The molecule has 30 heavy (non-hydrogen) atoms. The van der Waals surface area contributed by atoms with E-state index in [2.05, 4.69) is 29.3 Å². The van der Waals surface area contributed by atoms with Crippen LogP contribution in [0.5, 0.6) is 0 Å². The van der Waals surface area contributed by atoms with Gasteiger partial charge in [-0.3, -0.25) is 4.90 Å². The van der Waals surface area contributed by atoms with Crippen molar-refractivity contribution in [2.75, 3.05) is 31.1 Å². The summed E-state index contributed by atoms with van der Waals surface area (Å²) >= 11 is 1.42. The maximum atomic E-state index is 13.0. The Hall–Kier alpha value is -2.53. The molecule has 0 N–H and O–H groups in total. The first kappa shape index (κ1) is 20.7. The Kier molecular flexibility index (Phi) is 5.74. The molecule has 1 atom stereocenters. The average Bonchev–Trinajstić information content (AvgIpc) is 3.43. The van der Waals surface area contributed by atoms with Crippen LogP contribution >= 0.6 is 11.5 Å². The SMILES string of the molecule is CCc1nsc(N2CCN(C(C)c3nc(-c4cccc(C(F)(F)F)c4)no3)CC2)n1. The van der Waals surface area contributed by atoms with E-state index in [0.717, 1.165) is 55.7 Å². The van der Waals surface area contributed by atoms with Crippen molar-refractivity contribution in [3.8, 4) is 11.4 Å². The van der Waals surface area contributed by atoms with E-state index < -0.39 is 11.7 Å². The lowest BCUT2D eigenvalue weighted by atomic mass is 10.1. The molecule has 1 aromatic carbocycles. The van der Waals surface area contributed by atoms with Crippen molar-refractivity contribution in [3.05, 3.63) is 41.5 Å². The Morgan fingerprint density at radius 2 is 1.93 bits per heavy atom. The van der Waals surface area contributed by atoms with Gasteiger partial charge in [-0.15, -0.1) is 0 Å². The molecule has 1 saturated heterocycles. The third-order valence-corrected chi connectivity index (χ3v) is 5.97. The summed E-state index contributed by atoms with van der Waals surface area (Å²) in [5.41, 5.74) is -0.460. The van der Waals surface area contributed by atoms with E-state index in [0.29, 0.717) is 5.89 Å². The van der Waals surface area contributed by atoms with Crippen LogP contribution in [0.15, 0.2) is 28.8 Å². The molecule has 0 amide bonds. The van der Waals surface area contributed by atoms with Gasteiger partial charge in [0, 0.05) is 49.7 Å². The molecule has 2 aromatic heterocycles. The molecule has 0 saturated carbocycles. The lowest BCUT2D eigenvalue weighted by molar-refractivity contribution is -0.137. The molecule has 0 bridgehead atoms. The maximum Gasteiger partial charge on any atom is 0.416 e. The molecule has 3 heterocycles. The van der Waals surface area contributed by atoms with Gasteiger partial charge in [-0.25, -0.2) is 4.98 Å². The van der Waals surface area contributed by atoms with Crippen LogP contribution in [0.25, 0.3) is 11.4 Å². The number of aromatic nitrogens is 4. The van der Waals surface area contributed by atoms with E-state index in [1.165, 1.54) is 17.6 Å². The van der Waals surface area contributed by atoms with Crippen molar-refractivity contribution in [2.24, 2.45) is 0 Å². The van der Waals surface area contributed by atoms with E-state index in [-0.39, 0.29) is 17.4 Å². The van der Waals surface area contributed by atoms with E-state index >= 15 is 0 Å². The molecule has 1 unspecified atom stereocenters. The Bertz CT molecular complexity index is 996. The highest BCUT2D eigenvalue weighted by Crippen LogP contribution is 2.32. The Labute approximate surface area is 175 Å². The van der Waals surface area contributed by atoms with Crippen LogP contribution in [0.4, 0.5) is 18.3 Å². The smallest absolute Gasteiger partial charge is 0.344 e. The molecular weight excluding hydrogens is 417 g/mol. The van der Waals surface area contributed by atoms with Crippen LogP contribution in [-0.2, 0) is 12.6 Å². The van der Waals surface area contributed by atoms with Crippen LogP contribution < -0.4 is 4.90 Å². The first-order valence-electron chi connectivity index (χ1n) is 9.68. The molecule has 11 heteroatoms. The number of piperazine rings is 1. The second-order valence-electron chi connectivity index (χ2n) is 7.08. The van der Waals surface area contributed by atoms with Crippen molar-refractivity contribution < 1.29 is 17.7 Å². The monoisotopic (exact) mass is 438 g/mol. The predicted octanol–water partition coefficient (Wildman–Crippen LogP) is 4.05. The molecular formula is C19H21F3N6OS. The van der Waals surface area contributed by atoms with Crippen LogP contribution in [0.2, 0.25) is 0 Å². The highest BCUT2D eigenvalue weighted by molar-refractivity contribution is 7.09. The van der Waals surface area contributed by atoms with Gasteiger partial charge >= 0.3 is 6.18 Å². The second kappa shape index (κ2) is 8.31. The minimum atomic E-state index is -4.42. The molecule has 1 aliphatic heterocycles. The number of alkyl halides is 3. The Balaban J connectivity index is 1.42. The van der Waals surface area contributed by atoms with Crippen LogP contribution in [-0.4, -0.2) is 50.6 Å². The van der Waals surface area contributed by atoms with Gasteiger partial charge in [0.25, 0.3) is 0 Å². The number of anilines is 1. The normalized spacial score (nSPS) is 16.8. The van der Waals surface area contributed by atoms with Gasteiger partial charge < -0.3 is 9.42 Å². The Morgan fingerprint density at radius 1 is 1.17 bits per heavy atom.